The lowest BCUT2D eigenvalue weighted by atomic mass is 10.2. The van der Waals surface area contributed by atoms with Gasteiger partial charge in [-0.15, -0.1) is 0 Å². The first-order chi connectivity index (χ1) is 11.6. The molecule has 0 fully saturated rings. The number of benzene rings is 1. The summed E-state index contributed by atoms with van der Waals surface area (Å²) in [7, 11) is 1.60. The molecule has 0 aliphatic heterocycles. The maximum Gasteiger partial charge on any atom is 0.253 e. The quantitative estimate of drug-likeness (QED) is 0.803. The first kappa shape index (κ1) is 17.7. The van der Waals surface area contributed by atoms with Crippen LogP contribution in [0.25, 0.3) is 0 Å². The molecule has 0 saturated heterocycles. The standard InChI is InChI=1S/C18H23N3O3/c1-3-4-7-15-10-18(23)21(13-20-15)12-17(22)19-11-14-6-5-8-16(9-14)24-2/h5-6,8-10,13H,3-4,7,11-12H2,1-2H3,(H,19,22). The Morgan fingerprint density at radius 1 is 1.33 bits per heavy atom. The van der Waals surface area contributed by atoms with Crippen molar-refractivity contribution in [3.8, 4) is 5.75 Å². The van der Waals surface area contributed by atoms with Crippen LogP contribution < -0.4 is 15.6 Å². The normalized spacial score (nSPS) is 10.4. The largest absolute Gasteiger partial charge is 0.497 e. The second kappa shape index (κ2) is 8.86. The van der Waals surface area contributed by atoms with Crippen LogP contribution in [0.3, 0.4) is 0 Å². The number of unbranched alkanes of at least 4 members (excludes halogenated alkanes) is 1. The van der Waals surface area contributed by atoms with Gasteiger partial charge >= 0.3 is 0 Å². The molecule has 0 bridgehead atoms. The zero-order valence-corrected chi connectivity index (χ0v) is 14.1. The molecule has 24 heavy (non-hydrogen) atoms. The molecule has 0 atom stereocenters. The van der Waals surface area contributed by atoms with Crippen LogP contribution in [0, 0.1) is 0 Å². The van der Waals surface area contributed by atoms with Crippen molar-refractivity contribution < 1.29 is 9.53 Å². The topological polar surface area (TPSA) is 73.2 Å². The van der Waals surface area contributed by atoms with Crippen molar-refractivity contribution in [1.82, 2.24) is 14.9 Å². The van der Waals surface area contributed by atoms with Crippen LogP contribution >= 0.6 is 0 Å². The SMILES string of the molecule is CCCCc1cc(=O)n(CC(=O)NCc2cccc(OC)c2)cn1. The molecule has 1 aromatic heterocycles. The Hall–Kier alpha value is -2.63. The van der Waals surface area contributed by atoms with Crippen molar-refractivity contribution in [2.75, 3.05) is 7.11 Å². The fraction of sp³-hybridized carbons (Fsp3) is 0.389. The first-order valence-electron chi connectivity index (χ1n) is 8.07. The van der Waals surface area contributed by atoms with E-state index in [1.165, 1.54) is 17.0 Å². The van der Waals surface area contributed by atoms with Crippen molar-refractivity contribution >= 4 is 5.91 Å². The average Bonchev–Trinajstić information content (AvgIpc) is 2.60. The molecule has 0 aliphatic carbocycles. The van der Waals surface area contributed by atoms with E-state index < -0.39 is 0 Å². The Balaban J connectivity index is 1.91. The van der Waals surface area contributed by atoms with E-state index in [9.17, 15) is 9.59 Å². The zero-order chi connectivity index (χ0) is 17.4. The first-order valence-corrected chi connectivity index (χ1v) is 8.07. The van der Waals surface area contributed by atoms with Crippen LogP contribution in [-0.4, -0.2) is 22.6 Å². The summed E-state index contributed by atoms with van der Waals surface area (Å²) in [5.74, 6) is 0.507. The van der Waals surface area contributed by atoms with Crippen LogP contribution in [0.2, 0.25) is 0 Å². The van der Waals surface area contributed by atoms with Gasteiger partial charge in [0.15, 0.2) is 0 Å². The molecule has 2 aromatic rings. The van der Waals surface area contributed by atoms with Crippen LogP contribution in [0.1, 0.15) is 31.0 Å². The summed E-state index contributed by atoms with van der Waals surface area (Å²) >= 11 is 0. The van der Waals surface area contributed by atoms with Gasteiger partial charge in [-0.05, 0) is 30.5 Å². The highest BCUT2D eigenvalue weighted by Crippen LogP contribution is 2.12. The van der Waals surface area contributed by atoms with E-state index in [4.69, 9.17) is 4.74 Å². The van der Waals surface area contributed by atoms with Crippen LogP contribution in [0.5, 0.6) is 5.75 Å². The number of amides is 1. The molecule has 1 heterocycles. The number of ether oxygens (including phenoxy) is 1. The van der Waals surface area contributed by atoms with Crippen molar-refractivity contribution in [2.24, 2.45) is 0 Å². The van der Waals surface area contributed by atoms with Gasteiger partial charge in [0.2, 0.25) is 5.91 Å². The maximum absolute atomic E-state index is 12.0. The number of aryl methyl sites for hydroxylation is 1. The van der Waals surface area contributed by atoms with Crippen molar-refractivity contribution in [1.29, 1.82) is 0 Å². The maximum atomic E-state index is 12.0. The van der Waals surface area contributed by atoms with Gasteiger partial charge in [-0.1, -0.05) is 25.5 Å². The van der Waals surface area contributed by atoms with Crippen molar-refractivity contribution in [3.63, 3.8) is 0 Å². The Bertz CT molecular complexity index is 740. The van der Waals surface area contributed by atoms with Crippen LogP contribution in [0.15, 0.2) is 41.5 Å². The molecular formula is C18H23N3O3. The third-order valence-corrected chi connectivity index (χ3v) is 3.66. The van der Waals surface area contributed by atoms with Crippen molar-refractivity contribution in [3.05, 3.63) is 58.3 Å². The Morgan fingerprint density at radius 2 is 2.17 bits per heavy atom. The molecule has 0 aliphatic rings. The van der Waals surface area contributed by atoms with E-state index in [1.54, 1.807) is 7.11 Å². The Morgan fingerprint density at radius 3 is 2.88 bits per heavy atom. The number of nitrogens with one attached hydrogen (secondary N) is 1. The van der Waals surface area contributed by atoms with E-state index >= 15 is 0 Å². The third kappa shape index (κ3) is 5.22. The summed E-state index contributed by atoms with van der Waals surface area (Å²) in [4.78, 5) is 28.3. The predicted molar refractivity (Wildman–Crippen MR) is 91.9 cm³/mol. The molecule has 128 valence electrons. The molecule has 0 radical (unpaired) electrons. The second-order valence-corrected chi connectivity index (χ2v) is 5.58. The average molecular weight is 329 g/mol. The second-order valence-electron chi connectivity index (χ2n) is 5.58. The van der Waals surface area contributed by atoms with Gasteiger partial charge < -0.3 is 10.1 Å². The molecular weight excluding hydrogens is 306 g/mol. The van der Waals surface area contributed by atoms with Gasteiger partial charge in [0.25, 0.3) is 5.56 Å². The number of hydrogen-bond acceptors (Lipinski definition) is 4. The molecule has 1 N–H and O–H groups in total. The van der Waals surface area contributed by atoms with Crippen molar-refractivity contribution in [2.45, 2.75) is 39.3 Å². The summed E-state index contributed by atoms with van der Waals surface area (Å²) < 4.78 is 6.46. The molecule has 0 spiro atoms. The molecule has 0 unspecified atom stereocenters. The lowest BCUT2D eigenvalue weighted by Crippen LogP contribution is -2.32. The molecule has 6 heteroatoms. The van der Waals surface area contributed by atoms with Gasteiger partial charge in [0, 0.05) is 18.3 Å². The number of aromatic nitrogens is 2. The summed E-state index contributed by atoms with van der Waals surface area (Å²) in [5.41, 5.74) is 1.51. The molecule has 2 rings (SSSR count). The summed E-state index contributed by atoms with van der Waals surface area (Å²) in [6.45, 7) is 2.44. The Labute approximate surface area is 141 Å². The number of hydrogen-bond donors (Lipinski definition) is 1. The highest BCUT2D eigenvalue weighted by Gasteiger charge is 2.06. The van der Waals surface area contributed by atoms with E-state index in [1.807, 2.05) is 24.3 Å². The molecule has 6 nitrogen and oxygen atoms in total. The summed E-state index contributed by atoms with van der Waals surface area (Å²) in [6.07, 6.45) is 4.28. The monoisotopic (exact) mass is 329 g/mol. The Kier molecular flexibility index (Phi) is 6.54. The number of rotatable bonds is 8. The minimum Gasteiger partial charge on any atom is -0.497 e. The fourth-order valence-electron chi connectivity index (χ4n) is 2.27. The van der Waals surface area contributed by atoms with E-state index in [0.717, 1.165) is 36.3 Å². The highest BCUT2D eigenvalue weighted by atomic mass is 16.5. The van der Waals surface area contributed by atoms with Crippen LogP contribution in [0.4, 0.5) is 0 Å². The van der Waals surface area contributed by atoms with Gasteiger partial charge in [-0.25, -0.2) is 4.98 Å². The summed E-state index contributed by atoms with van der Waals surface area (Å²) in [5, 5.41) is 2.79. The van der Waals surface area contributed by atoms with Gasteiger partial charge in [0.05, 0.1) is 13.4 Å². The van der Waals surface area contributed by atoms with E-state index in [2.05, 4.69) is 17.2 Å². The smallest absolute Gasteiger partial charge is 0.253 e. The zero-order valence-electron chi connectivity index (χ0n) is 14.1. The van der Waals surface area contributed by atoms with Gasteiger partial charge in [-0.2, -0.15) is 0 Å². The molecule has 1 aromatic carbocycles. The molecule has 1 amide bonds. The van der Waals surface area contributed by atoms with Gasteiger partial charge in [-0.3, -0.25) is 14.2 Å². The number of carbonyl (C=O) groups is 1. The third-order valence-electron chi connectivity index (χ3n) is 3.66. The van der Waals surface area contributed by atoms with Gasteiger partial charge in [0.1, 0.15) is 12.3 Å². The minimum absolute atomic E-state index is 0.0378. The summed E-state index contributed by atoms with van der Waals surface area (Å²) in [6, 6.07) is 8.97. The predicted octanol–water partition coefficient (Wildman–Crippen LogP) is 1.91. The lowest BCUT2D eigenvalue weighted by molar-refractivity contribution is -0.121. The van der Waals surface area contributed by atoms with E-state index in [0.29, 0.717) is 6.54 Å². The lowest BCUT2D eigenvalue weighted by Gasteiger charge is -2.09. The van der Waals surface area contributed by atoms with Crippen LogP contribution in [-0.2, 0) is 24.3 Å². The fourth-order valence-corrected chi connectivity index (χ4v) is 2.27. The number of nitrogens with zero attached hydrogens (tertiary/aromatic N) is 2. The minimum atomic E-state index is -0.233. The number of methoxy groups -OCH3 is 1. The molecule has 0 saturated carbocycles. The highest BCUT2D eigenvalue weighted by molar-refractivity contribution is 5.75. The number of carbonyl (C=O) groups excluding carboxylic acids is 1. The van der Waals surface area contributed by atoms with E-state index in [-0.39, 0.29) is 18.0 Å².